The van der Waals surface area contributed by atoms with Crippen LogP contribution in [0.25, 0.3) is 0 Å². The lowest BCUT2D eigenvalue weighted by Crippen LogP contribution is -2.41. The molecule has 3 N–H and O–H groups in total. The van der Waals surface area contributed by atoms with Crippen molar-refractivity contribution in [2.45, 2.75) is 104 Å². The predicted molar refractivity (Wildman–Crippen MR) is 126 cm³/mol. The van der Waals surface area contributed by atoms with Gasteiger partial charge >= 0.3 is 11.9 Å². The molecule has 2 atom stereocenters. The minimum atomic E-state index is -1.17. The zero-order valence-corrected chi connectivity index (χ0v) is 20.9. The fraction of sp³-hybridized carbons (Fsp3) is 0.760. The van der Waals surface area contributed by atoms with Gasteiger partial charge in [-0.15, -0.1) is 0 Å². The number of Topliss-reactive ketones (excluding diaryl/α,β-unsaturated/α-hetero) is 3. The third kappa shape index (κ3) is 14.5. The lowest BCUT2D eigenvalue weighted by molar-refractivity contribution is -0.144. The molecule has 0 aromatic heterocycles. The second-order valence-electron chi connectivity index (χ2n) is 9.47. The van der Waals surface area contributed by atoms with Crippen LogP contribution in [0.15, 0.2) is 0 Å². The highest BCUT2D eigenvalue weighted by Gasteiger charge is 2.23. The minimum Gasteiger partial charge on any atom is -0.481 e. The molecule has 1 amide bonds. The van der Waals surface area contributed by atoms with Crippen molar-refractivity contribution in [3.8, 4) is 0 Å². The maximum Gasteiger partial charge on any atom is 0.326 e. The van der Waals surface area contributed by atoms with Gasteiger partial charge in [-0.25, -0.2) is 4.79 Å². The topological polar surface area (TPSA) is 155 Å². The van der Waals surface area contributed by atoms with Gasteiger partial charge in [0.25, 0.3) is 0 Å². The van der Waals surface area contributed by atoms with Crippen molar-refractivity contribution < 1.29 is 39.0 Å². The SMILES string of the molecule is CC(C)C(=O)CC[C@H](CC(=O)CCCCCCC(=O)N[C@@H](CCC(=O)C(C)C)C(=O)O)C(=O)O. The van der Waals surface area contributed by atoms with E-state index in [9.17, 15) is 39.0 Å². The van der Waals surface area contributed by atoms with E-state index in [1.807, 2.05) is 0 Å². The summed E-state index contributed by atoms with van der Waals surface area (Å²) < 4.78 is 0. The molecule has 0 aromatic rings. The number of hydrogen-bond acceptors (Lipinski definition) is 6. The Kier molecular flexibility index (Phi) is 15.7. The van der Waals surface area contributed by atoms with Crippen LogP contribution in [-0.2, 0) is 28.8 Å². The number of unbranched alkanes of at least 4 members (excludes halogenated alkanes) is 3. The third-order valence-corrected chi connectivity index (χ3v) is 5.77. The molecule has 34 heavy (non-hydrogen) atoms. The van der Waals surface area contributed by atoms with E-state index < -0.39 is 23.9 Å². The van der Waals surface area contributed by atoms with Crippen LogP contribution in [0.1, 0.15) is 98.3 Å². The number of nitrogens with one attached hydrogen (secondary N) is 1. The Morgan fingerprint density at radius 2 is 1.15 bits per heavy atom. The number of carboxylic acid groups (broad SMARTS) is 2. The van der Waals surface area contributed by atoms with E-state index >= 15 is 0 Å². The molecule has 0 fully saturated rings. The van der Waals surface area contributed by atoms with Crippen LogP contribution in [0.3, 0.4) is 0 Å². The molecule has 0 saturated heterocycles. The average Bonchev–Trinajstić information content (AvgIpc) is 2.75. The van der Waals surface area contributed by atoms with Crippen LogP contribution in [0, 0.1) is 17.8 Å². The summed E-state index contributed by atoms with van der Waals surface area (Å²) >= 11 is 0. The van der Waals surface area contributed by atoms with E-state index in [2.05, 4.69) is 5.32 Å². The molecule has 0 rings (SSSR count). The summed E-state index contributed by atoms with van der Waals surface area (Å²) in [5, 5.41) is 21.0. The first kappa shape index (κ1) is 31.4. The van der Waals surface area contributed by atoms with Gasteiger partial charge in [-0.1, -0.05) is 40.5 Å². The van der Waals surface area contributed by atoms with Crippen LogP contribution < -0.4 is 5.32 Å². The van der Waals surface area contributed by atoms with Gasteiger partial charge < -0.3 is 15.5 Å². The molecular formula is C25H41NO8. The molecule has 0 bridgehead atoms. The fourth-order valence-electron chi connectivity index (χ4n) is 3.36. The minimum absolute atomic E-state index is 0.0125. The summed E-state index contributed by atoms with van der Waals surface area (Å²) in [6, 6.07) is -1.09. The highest BCUT2D eigenvalue weighted by atomic mass is 16.4. The molecule has 0 unspecified atom stereocenters. The van der Waals surface area contributed by atoms with E-state index in [0.717, 1.165) is 0 Å². The maximum atomic E-state index is 12.1. The van der Waals surface area contributed by atoms with E-state index in [4.69, 9.17) is 0 Å². The van der Waals surface area contributed by atoms with Crippen LogP contribution >= 0.6 is 0 Å². The van der Waals surface area contributed by atoms with Crippen LogP contribution in [0.5, 0.6) is 0 Å². The second-order valence-corrected chi connectivity index (χ2v) is 9.47. The number of carbonyl (C=O) groups is 6. The molecule has 9 nitrogen and oxygen atoms in total. The lowest BCUT2D eigenvalue weighted by atomic mass is 9.92. The highest BCUT2D eigenvalue weighted by molar-refractivity contribution is 5.86. The molecule has 9 heteroatoms. The molecule has 0 saturated carbocycles. The quantitative estimate of drug-likeness (QED) is 0.222. The summed E-state index contributed by atoms with van der Waals surface area (Å²) in [5.74, 6) is -4.02. The smallest absolute Gasteiger partial charge is 0.326 e. The van der Waals surface area contributed by atoms with Gasteiger partial charge in [0.1, 0.15) is 23.4 Å². The Morgan fingerprint density at radius 1 is 0.647 bits per heavy atom. The molecule has 194 valence electrons. The molecular weight excluding hydrogens is 442 g/mol. The van der Waals surface area contributed by atoms with Crippen molar-refractivity contribution in [1.29, 1.82) is 0 Å². The van der Waals surface area contributed by atoms with Crippen LogP contribution in [0.2, 0.25) is 0 Å². The first-order valence-corrected chi connectivity index (χ1v) is 12.2. The average molecular weight is 484 g/mol. The summed E-state index contributed by atoms with van der Waals surface area (Å²) in [7, 11) is 0. The first-order chi connectivity index (χ1) is 15.8. The summed E-state index contributed by atoms with van der Waals surface area (Å²) in [6.07, 6.45) is 3.27. The Hall–Kier alpha value is -2.58. The van der Waals surface area contributed by atoms with Crippen LogP contribution in [-0.4, -0.2) is 51.5 Å². The van der Waals surface area contributed by atoms with Crippen molar-refractivity contribution in [2.24, 2.45) is 17.8 Å². The lowest BCUT2D eigenvalue weighted by Gasteiger charge is -2.15. The standard InChI is InChI=1S/C25H41NO8/c1-16(2)21(28)13-11-18(24(31)32)15-19(27)9-7-5-6-8-10-23(30)26-20(25(33)34)12-14-22(29)17(3)4/h16-18,20H,5-15H2,1-4H3,(H,26,30)(H,31,32)(H,33,34)/t18-,20+/m1/s1. The number of ketones is 3. The largest absolute Gasteiger partial charge is 0.481 e. The van der Waals surface area contributed by atoms with Gasteiger partial charge in [0.15, 0.2) is 0 Å². The number of carboxylic acids is 2. The number of amides is 1. The third-order valence-electron chi connectivity index (χ3n) is 5.77. The van der Waals surface area contributed by atoms with E-state index in [-0.39, 0.29) is 80.0 Å². The van der Waals surface area contributed by atoms with Crippen molar-refractivity contribution in [1.82, 2.24) is 5.32 Å². The van der Waals surface area contributed by atoms with Gasteiger partial charge in [-0.05, 0) is 25.7 Å². The van der Waals surface area contributed by atoms with Gasteiger partial charge in [0.05, 0.1) is 5.92 Å². The van der Waals surface area contributed by atoms with Crippen molar-refractivity contribution >= 4 is 35.2 Å². The van der Waals surface area contributed by atoms with Gasteiger partial charge in [0.2, 0.25) is 5.91 Å². The van der Waals surface area contributed by atoms with E-state index in [1.54, 1.807) is 27.7 Å². The zero-order chi connectivity index (χ0) is 26.3. The first-order valence-electron chi connectivity index (χ1n) is 12.2. The van der Waals surface area contributed by atoms with Crippen molar-refractivity contribution in [3.63, 3.8) is 0 Å². The Morgan fingerprint density at radius 3 is 1.62 bits per heavy atom. The Bertz CT molecular complexity index is 654. The molecule has 0 aliphatic rings. The molecule has 0 radical (unpaired) electrons. The number of carbonyl (C=O) groups excluding carboxylic acids is 4. The van der Waals surface area contributed by atoms with Crippen molar-refractivity contribution in [3.05, 3.63) is 0 Å². The summed E-state index contributed by atoms with van der Waals surface area (Å²) in [4.78, 5) is 70.2. The van der Waals surface area contributed by atoms with Crippen LogP contribution in [0.4, 0.5) is 0 Å². The number of aliphatic carboxylic acids is 2. The highest BCUT2D eigenvalue weighted by Crippen LogP contribution is 2.17. The summed E-state index contributed by atoms with van der Waals surface area (Å²) in [5.41, 5.74) is 0. The monoisotopic (exact) mass is 483 g/mol. The molecule has 0 aliphatic carbocycles. The number of hydrogen-bond donors (Lipinski definition) is 3. The van der Waals surface area contributed by atoms with Crippen molar-refractivity contribution in [2.75, 3.05) is 0 Å². The summed E-state index contributed by atoms with van der Waals surface area (Å²) in [6.45, 7) is 7.00. The molecule has 0 spiro atoms. The Labute approximate surface area is 202 Å². The zero-order valence-electron chi connectivity index (χ0n) is 20.9. The van der Waals surface area contributed by atoms with Gasteiger partial charge in [-0.2, -0.15) is 0 Å². The second kappa shape index (κ2) is 16.9. The van der Waals surface area contributed by atoms with E-state index in [1.165, 1.54) is 0 Å². The Balaban J connectivity index is 4.16. The van der Waals surface area contributed by atoms with E-state index in [0.29, 0.717) is 25.7 Å². The van der Waals surface area contributed by atoms with Gasteiger partial charge in [-0.3, -0.25) is 24.0 Å². The number of rotatable bonds is 20. The van der Waals surface area contributed by atoms with Gasteiger partial charge in [0, 0.05) is 43.9 Å². The molecule has 0 heterocycles. The normalized spacial score (nSPS) is 12.9. The molecule has 0 aromatic carbocycles. The molecule has 0 aliphatic heterocycles. The fourth-order valence-corrected chi connectivity index (χ4v) is 3.36. The maximum absolute atomic E-state index is 12.1. The predicted octanol–water partition coefficient (Wildman–Crippen LogP) is 3.57.